The lowest BCUT2D eigenvalue weighted by molar-refractivity contribution is -0.431. The molecular weight excluding hydrogens is 496 g/mol. The van der Waals surface area contributed by atoms with Crippen molar-refractivity contribution in [3.63, 3.8) is 0 Å². The number of unbranched alkanes of at least 4 members (excludes halogenated alkanes) is 1. The number of carbonyl (C=O) groups is 3. The van der Waals surface area contributed by atoms with Gasteiger partial charge in [-0.25, -0.2) is 9.59 Å². The quantitative estimate of drug-likeness (QED) is 0.151. The monoisotopic (exact) mass is 524 g/mol. The number of esters is 2. The lowest BCUT2D eigenvalue weighted by atomic mass is 9.83. The van der Waals surface area contributed by atoms with Crippen molar-refractivity contribution in [2.75, 3.05) is 12.4 Å². The van der Waals surface area contributed by atoms with Crippen molar-refractivity contribution in [1.82, 2.24) is 5.32 Å². The number of nitrogens with one attached hydrogen (secondary N) is 1. The molecular formula is C27H28N2O7S. The number of nitrogens with zero attached hydrogens (tertiary/aromatic N) is 1. The number of para-hydroxylation sites is 1. The second kappa shape index (κ2) is 12.9. The summed E-state index contributed by atoms with van der Waals surface area (Å²) >= 11 is 1.20. The van der Waals surface area contributed by atoms with Gasteiger partial charge >= 0.3 is 11.9 Å². The number of dihydropyridines is 1. The van der Waals surface area contributed by atoms with E-state index in [1.807, 2.05) is 0 Å². The number of benzene rings is 2. The van der Waals surface area contributed by atoms with E-state index < -0.39 is 22.8 Å². The molecule has 0 aromatic heterocycles. The van der Waals surface area contributed by atoms with Gasteiger partial charge in [-0.15, -0.1) is 0 Å². The van der Waals surface area contributed by atoms with Crippen molar-refractivity contribution in [3.05, 3.63) is 98.5 Å². The van der Waals surface area contributed by atoms with Crippen LogP contribution < -0.4 is 10.1 Å². The third-order valence-corrected chi connectivity index (χ3v) is 6.56. The fourth-order valence-corrected chi connectivity index (χ4v) is 4.64. The summed E-state index contributed by atoms with van der Waals surface area (Å²) in [6.45, 7) is 4.80. The minimum absolute atomic E-state index is 0.0231. The average Bonchev–Trinajstić information content (AvgIpc) is 2.86. The summed E-state index contributed by atoms with van der Waals surface area (Å²) < 4.78 is 11.1. The van der Waals surface area contributed by atoms with E-state index in [-0.39, 0.29) is 34.4 Å². The molecule has 0 aliphatic carbocycles. The first-order chi connectivity index (χ1) is 17.7. The van der Waals surface area contributed by atoms with Gasteiger partial charge in [-0.1, -0.05) is 48.2 Å². The molecule has 1 unspecified atom stereocenters. The first-order valence-electron chi connectivity index (χ1n) is 11.7. The average molecular weight is 525 g/mol. The molecule has 37 heavy (non-hydrogen) atoms. The van der Waals surface area contributed by atoms with Gasteiger partial charge in [0.1, 0.15) is 11.7 Å². The van der Waals surface area contributed by atoms with Gasteiger partial charge in [0, 0.05) is 23.9 Å². The van der Waals surface area contributed by atoms with E-state index in [9.17, 15) is 24.5 Å². The fourth-order valence-electron chi connectivity index (χ4n) is 4.01. The molecule has 0 spiro atoms. The Morgan fingerprint density at radius 2 is 1.65 bits per heavy atom. The standard InChI is InChI=1S/C27H28N2O7S/c1-17-23(27(32)35-15-9-10-16-37-19(3)30)24(25(29(33)34)18(2)28-17)21-13-7-8-14-22(21)36-26(31)20-11-5-4-6-12-20/h4-8,11-14,24,28H,9-10,15-16H2,1-3H3. The van der Waals surface area contributed by atoms with Crippen LogP contribution in [0.4, 0.5) is 0 Å². The molecule has 1 atom stereocenters. The maximum Gasteiger partial charge on any atom is 0.343 e. The lowest BCUT2D eigenvalue weighted by Crippen LogP contribution is -2.32. The molecule has 1 N–H and O–H groups in total. The molecule has 0 amide bonds. The molecule has 0 saturated carbocycles. The van der Waals surface area contributed by atoms with Crippen LogP contribution in [0.1, 0.15) is 55.5 Å². The topological polar surface area (TPSA) is 125 Å². The third-order valence-electron chi connectivity index (χ3n) is 5.66. The van der Waals surface area contributed by atoms with E-state index in [1.54, 1.807) is 62.4 Å². The maximum atomic E-state index is 13.2. The van der Waals surface area contributed by atoms with Crippen molar-refractivity contribution in [2.45, 2.75) is 39.5 Å². The van der Waals surface area contributed by atoms with Gasteiger partial charge in [0.15, 0.2) is 5.12 Å². The Balaban J connectivity index is 1.92. The van der Waals surface area contributed by atoms with Gasteiger partial charge in [0.25, 0.3) is 5.70 Å². The Morgan fingerprint density at radius 1 is 0.973 bits per heavy atom. The highest BCUT2D eigenvalue weighted by Crippen LogP contribution is 2.42. The summed E-state index contributed by atoms with van der Waals surface area (Å²) in [6, 6.07) is 14.8. The van der Waals surface area contributed by atoms with E-state index in [0.717, 1.165) is 0 Å². The molecule has 0 radical (unpaired) electrons. The van der Waals surface area contributed by atoms with E-state index in [4.69, 9.17) is 9.47 Å². The summed E-state index contributed by atoms with van der Waals surface area (Å²) in [6.07, 6.45) is 1.22. The van der Waals surface area contributed by atoms with E-state index in [1.165, 1.54) is 24.8 Å². The Kier molecular flexibility index (Phi) is 9.62. The van der Waals surface area contributed by atoms with Crippen LogP contribution >= 0.6 is 11.8 Å². The number of hydrogen-bond donors (Lipinski definition) is 1. The largest absolute Gasteiger partial charge is 0.462 e. The lowest BCUT2D eigenvalue weighted by Gasteiger charge is -2.27. The molecule has 3 rings (SSSR count). The van der Waals surface area contributed by atoms with Crippen molar-refractivity contribution in [1.29, 1.82) is 0 Å². The minimum atomic E-state index is -1.13. The van der Waals surface area contributed by atoms with E-state index in [0.29, 0.717) is 35.4 Å². The number of hydrogen-bond acceptors (Lipinski definition) is 9. The Bertz CT molecular complexity index is 1250. The second-order valence-corrected chi connectivity index (χ2v) is 9.61. The highest BCUT2D eigenvalue weighted by Gasteiger charge is 2.42. The minimum Gasteiger partial charge on any atom is -0.462 e. The van der Waals surface area contributed by atoms with Gasteiger partial charge in [-0.3, -0.25) is 14.9 Å². The third kappa shape index (κ3) is 7.07. The zero-order valence-electron chi connectivity index (χ0n) is 20.8. The number of ether oxygens (including phenoxy) is 2. The van der Waals surface area contributed by atoms with Crippen LogP contribution in [-0.4, -0.2) is 34.3 Å². The first-order valence-corrected chi connectivity index (χ1v) is 12.7. The smallest absolute Gasteiger partial charge is 0.343 e. The zero-order chi connectivity index (χ0) is 26.9. The van der Waals surface area contributed by atoms with Crippen molar-refractivity contribution in [3.8, 4) is 5.75 Å². The highest BCUT2D eigenvalue weighted by atomic mass is 32.2. The van der Waals surface area contributed by atoms with Crippen LogP contribution in [0.2, 0.25) is 0 Å². The predicted octanol–water partition coefficient (Wildman–Crippen LogP) is 4.98. The Morgan fingerprint density at radius 3 is 2.32 bits per heavy atom. The summed E-state index contributed by atoms with van der Waals surface area (Å²) in [7, 11) is 0. The van der Waals surface area contributed by atoms with E-state index >= 15 is 0 Å². The van der Waals surface area contributed by atoms with Gasteiger partial charge in [-0.2, -0.15) is 0 Å². The molecule has 1 aliphatic heterocycles. The van der Waals surface area contributed by atoms with Crippen LogP contribution in [0.25, 0.3) is 0 Å². The fraction of sp³-hybridized carbons (Fsp3) is 0.296. The molecule has 9 nitrogen and oxygen atoms in total. The van der Waals surface area contributed by atoms with Crippen LogP contribution in [0.15, 0.2) is 77.3 Å². The Labute approximate surface area is 219 Å². The molecule has 0 bridgehead atoms. The molecule has 1 heterocycles. The van der Waals surface area contributed by atoms with Crippen LogP contribution in [0, 0.1) is 10.1 Å². The van der Waals surface area contributed by atoms with Crippen LogP contribution in [-0.2, 0) is 14.3 Å². The maximum absolute atomic E-state index is 13.2. The number of nitro groups is 1. The number of thioether (sulfide) groups is 1. The van der Waals surface area contributed by atoms with Crippen LogP contribution in [0.5, 0.6) is 5.75 Å². The van der Waals surface area contributed by atoms with Gasteiger partial charge < -0.3 is 14.8 Å². The molecule has 0 saturated heterocycles. The van der Waals surface area contributed by atoms with Gasteiger partial charge in [0.2, 0.25) is 0 Å². The highest BCUT2D eigenvalue weighted by molar-refractivity contribution is 8.13. The number of rotatable bonds is 10. The molecule has 194 valence electrons. The molecule has 2 aromatic carbocycles. The molecule has 2 aromatic rings. The molecule has 0 fully saturated rings. The number of allylic oxidation sites excluding steroid dienone is 3. The van der Waals surface area contributed by atoms with Gasteiger partial charge in [-0.05, 0) is 44.9 Å². The van der Waals surface area contributed by atoms with Gasteiger partial charge in [0.05, 0.1) is 28.4 Å². The van der Waals surface area contributed by atoms with Crippen molar-refractivity contribution < 1.29 is 28.8 Å². The normalized spacial score (nSPS) is 15.2. The second-order valence-electron chi connectivity index (χ2n) is 8.34. The predicted molar refractivity (Wildman–Crippen MR) is 139 cm³/mol. The van der Waals surface area contributed by atoms with Crippen LogP contribution in [0.3, 0.4) is 0 Å². The first kappa shape index (κ1) is 27.7. The summed E-state index contributed by atoms with van der Waals surface area (Å²) in [4.78, 5) is 48.7. The Hall–Kier alpha value is -3.92. The molecule has 10 heteroatoms. The molecule has 1 aliphatic rings. The van der Waals surface area contributed by atoms with Crippen molar-refractivity contribution in [2.24, 2.45) is 0 Å². The SMILES string of the molecule is CC(=O)SCCCCOC(=O)C1=C(C)NC(C)=C([N+](=O)[O-])C1c1ccccc1OC(=O)c1ccccc1. The summed E-state index contributed by atoms with van der Waals surface area (Å²) in [5.74, 6) is -1.73. The summed E-state index contributed by atoms with van der Waals surface area (Å²) in [5, 5.41) is 15.1. The number of carbonyl (C=O) groups excluding carboxylic acids is 3. The van der Waals surface area contributed by atoms with E-state index in [2.05, 4.69) is 5.32 Å². The summed E-state index contributed by atoms with van der Waals surface area (Å²) in [5.41, 5.74) is 1.13. The van der Waals surface area contributed by atoms with Crippen molar-refractivity contribution >= 4 is 28.8 Å². The zero-order valence-corrected chi connectivity index (χ0v) is 21.6.